The molecule has 5 nitrogen and oxygen atoms in total. The number of halogens is 1. The summed E-state index contributed by atoms with van der Waals surface area (Å²) in [5.74, 6) is -0.392. The summed E-state index contributed by atoms with van der Waals surface area (Å²) in [4.78, 5) is 12.3. The minimum absolute atomic E-state index is 0.0302. The van der Waals surface area contributed by atoms with Gasteiger partial charge in [0.1, 0.15) is 5.82 Å². The van der Waals surface area contributed by atoms with Crippen LogP contribution in [0.5, 0.6) is 5.88 Å². The maximum Gasteiger partial charge on any atom is 0.199 e. The van der Waals surface area contributed by atoms with Gasteiger partial charge in [0.25, 0.3) is 0 Å². The highest BCUT2D eigenvalue weighted by Crippen LogP contribution is 2.32. The molecule has 0 aliphatic carbocycles. The van der Waals surface area contributed by atoms with Crippen molar-refractivity contribution >= 4 is 22.3 Å². The van der Waals surface area contributed by atoms with Gasteiger partial charge in [0, 0.05) is 30.6 Å². The average Bonchev–Trinajstić information content (AvgIpc) is 3.12. The van der Waals surface area contributed by atoms with Crippen molar-refractivity contribution in [1.82, 2.24) is 14.8 Å². The first-order valence-electron chi connectivity index (χ1n) is 11.0. The van der Waals surface area contributed by atoms with E-state index in [1.54, 1.807) is 6.07 Å². The Hall–Kier alpha value is -3.48. The second-order valence-corrected chi connectivity index (χ2v) is 8.57. The van der Waals surface area contributed by atoms with E-state index in [0.29, 0.717) is 16.8 Å². The average molecular weight is 445 g/mol. The second-order valence-electron chi connectivity index (χ2n) is 8.57. The molecule has 0 atom stereocenters. The fraction of sp³-hybridized carbons (Fsp3) is 0.222. The quantitative estimate of drug-likeness (QED) is 0.369. The van der Waals surface area contributed by atoms with Crippen molar-refractivity contribution in [2.45, 2.75) is 6.54 Å². The normalized spacial score (nSPS) is 12.2. The van der Waals surface area contributed by atoms with E-state index in [9.17, 15) is 9.50 Å². The molecular weight excluding hydrogens is 415 g/mol. The predicted octanol–water partition coefficient (Wildman–Crippen LogP) is 5.18. The number of H-pyrrole nitrogens is 1. The monoisotopic (exact) mass is 444 g/mol. The van der Waals surface area contributed by atoms with Gasteiger partial charge in [-0.15, -0.1) is 0 Å². The highest BCUT2D eigenvalue weighted by molar-refractivity contribution is 6.21. The van der Waals surface area contributed by atoms with Crippen LogP contribution < -0.4 is 0 Å². The molecule has 0 spiro atoms. The molecular formula is C27H29FN4O. The van der Waals surface area contributed by atoms with E-state index in [-0.39, 0.29) is 11.7 Å². The third kappa shape index (κ3) is 5.48. The highest BCUT2D eigenvalue weighted by atomic mass is 19.1. The van der Waals surface area contributed by atoms with Crippen LogP contribution in [0.1, 0.15) is 16.7 Å². The molecule has 33 heavy (non-hydrogen) atoms. The summed E-state index contributed by atoms with van der Waals surface area (Å²) in [6.45, 7) is 2.86. The van der Waals surface area contributed by atoms with Crippen molar-refractivity contribution in [3.63, 3.8) is 0 Å². The molecule has 6 heteroatoms. The van der Waals surface area contributed by atoms with E-state index < -0.39 is 0 Å². The van der Waals surface area contributed by atoms with Crippen LogP contribution in [0.2, 0.25) is 0 Å². The molecule has 170 valence electrons. The van der Waals surface area contributed by atoms with Gasteiger partial charge in [-0.25, -0.2) is 9.38 Å². The maximum absolute atomic E-state index is 13.7. The first-order chi connectivity index (χ1) is 15.9. The molecule has 0 fully saturated rings. The smallest absolute Gasteiger partial charge is 0.199 e. The summed E-state index contributed by atoms with van der Waals surface area (Å²) in [5.41, 5.74) is 4.57. The maximum atomic E-state index is 13.7. The van der Waals surface area contributed by atoms with E-state index in [1.807, 2.05) is 42.5 Å². The molecule has 0 saturated heterocycles. The van der Waals surface area contributed by atoms with Crippen molar-refractivity contribution in [2.75, 3.05) is 34.2 Å². The zero-order valence-electron chi connectivity index (χ0n) is 19.2. The summed E-state index contributed by atoms with van der Waals surface area (Å²) >= 11 is 0. The Morgan fingerprint density at radius 3 is 2.36 bits per heavy atom. The Kier molecular flexibility index (Phi) is 6.87. The van der Waals surface area contributed by atoms with Gasteiger partial charge in [-0.3, -0.25) is 0 Å². The molecule has 0 aliphatic heterocycles. The van der Waals surface area contributed by atoms with Crippen molar-refractivity contribution in [1.29, 1.82) is 0 Å². The van der Waals surface area contributed by atoms with Gasteiger partial charge in [-0.05, 0) is 57.0 Å². The van der Waals surface area contributed by atoms with Crippen LogP contribution in [0, 0.1) is 5.82 Å². The number of aromatic nitrogens is 1. The summed E-state index contributed by atoms with van der Waals surface area (Å²) in [6, 6.07) is 22.3. The van der Waals surface area contributed by atoms with E-state index >= 15 is 0 Å². The fourth-order valence-corrected chi connectivity index (χ4v) is 3.82. The molecule has 2 N–H and O–H groups in total. The lowest BCUT2D eigenvalue weighted by Crippen LogP contribution is -2.28. The third-order valence-electron chi connectivity index (χ3n) is 5.58. The van der Waals surface area contributed by atoms with Gasteiger partial charge in [0.2, 0.25) is 0 Å². The number of benzene rings is 3. The number of nitrogens with zero attached hydrogens (tertiary/aromatic N) is 3. The van der Waals surface area contributed by atoms with Gasteiger partial charge in [-0.1, -0.05) is 42.5 Å². The third-order valence-corrected chi connectivity index (χ3v) is 5.58. The Balaban J connectivity index is 1.68. The molecule has 4 rings (SSSR count). The molecule has 4 aromatic rings. The Morgan fingerprint density at radius 1 is 0.939 bits per heavy atom. The molecule has 0 bridgehead atoms. The van der Waals surface area contributed by atoms with Gasteiger partial charge < -0.3 is 19.9 Å². The zero-order valence-corrected chi connectivity index (χ0v) is 19.2. The van der Waals surface area contributed by atoms with E-state index in [0.717, 1.165) is 36.3 Å². The van der Waals surface area contributed by atoms with Crippen molar-refractivity contribution in [2.24, 2.45) is 4.99 Å². The Labute approximate surface area is 193 Å². The lowest BCUT2D eigenvalue weighted by molar-refractivity contribution is 0.276. The highest BCUT2D eigenvalue weighted by Gasteiger charge is 2.19. The number of rotatable bonds is 8. The number of aromatic amines is 1. The van der Waals surface area contributed by atoms with Crippen molar-refractivity contribution in [3.8, 4) is 5.88 Å². The zero-order chi connectivity index (χ0) is 23.4. The number of nitrogens with one attached hydrogen (secondary N) is 1. The van der Waals surface area contributed by atoms with Crippen LogP contribution in [0.25, 0.3) is 10.9 Å². The Morgan fingerprint density at radius 2 is 1.67 bits per heavy atom. The number of aromatic hydroxyl groups is 1. The number of fused-ring (bicyclic) bond motifs is 1. The summed E-state index contributed by atoms with van der Waals surface area (Å²) in [6.07, 6.45) is 0. The largest absolute Gasteiger partial charge is 0.494 e. The van der Waals surface area contributed by atoms with Crippen LogP contribution in [0.15, 0.2) is 77.8 Å². The number of hydrogen-bond donors (Lipinski definition) is 2. The van der Waals surface area contributed by atoms with Crippen molar-refractivity contribution in [3.05, 3.63) is 95.3 Å². The van der Waals surface area contributed by atoms with Crippen LogP contribution >= 0.6 is 0 Å². The SMILES string of the molecule is CN(C)CCN(C)Cc1ccc(N=C(c2ccccc2)c2c(O)[nH]c3cc(F)ccc23)cc1. The standard InChI is InChI=1S/C27H29FN4O/c1-31(2)15-16-32(3)18-19-9-12-22(13-10-19)29-26(20-7-5-4-6-8-20)25-23-14-11-21(28)17-24(23)30-27(25)33/h4-14,17,30,33H,15-16,18H2,1-3H3. The predicted molar refractivity (Wildman–Crippen MR) is 133 cm³/mol. The molecule has 0 aliphatic rings. The van der Waals surface area contributed by atoms with Crippen LogP contribution in [-0.4, -0.2) is 59.8 Å². The molecule has 1 aromatic heterocycles. The van der Waals surface area contributed by atoms with Crippen LogP contribution in [0.3, 0.4) is 0 Å². The van der Waals surface area contributed by atoms with Gasteiger partial charge in [-0.2, -0.15) is 0 Å². The number of likely N-dealkylation sites (N-methyl/N-ethyl adjacent to an activating group) is 2. The summed E-state index contributed by atoms with van der Waals surface area (Å²) in [7, 11) is 6.27. The van der Waals surface area contributed by atoms with Crippen molar-refractivity contribution < 1.29 is 9.50 Å². The minimum atomic E-state index is -0.361. The van der Waals surface area contributed by atoms with Crippen LogP contribution in [0.4, 0.5) is 10.1 Å². The second kappa shape index (κ2) is 9.98. The minimum Gasteiger partial charge on any atom is -0.494 e. The first kappa shape index (κ1) is 22.7. The lowest BCUT2D eigenvalue weighted by atomic mass is 10.0. The molecule has 0 unspecified atom stereocenters. The van der Waals surface area contributed by atoms with Gasteiger partial charge >= 0.3 is 0 Å². The lowest BCUT2D eigenvalue weighted by Gasteiger charge is -2.19. The molecule has 1 heterocycles. The first-order valence-corrected chi connectivity index (χ1v) is 11.0. The summed E-state index contributed by atoms with van der Waals surface area (Å²) in [5, 5.41) is 11.4. The van der Waals surface area contributed by atoms with Gasteiger partial charge in [0.15, 0.2) is 5.88 Å². The molecule has 3 aromatic carbocycles. The Bertz CT molecular complexity index is 1250. The van der Waals surface area contributed by atoms with E-state index in [4.69, 9.17) is 4.99 Å². The van der Waals surface area contributed by atoms with Gasteiger partial charge in [0.05, 0.1) is 22.5 Å². The number of hydrogen-bond acceptors (Lipinski definition) is 4. The molecule has 0 saturated carbocycles. The fourth-order valence-electron chi connectivity index (χ4n) is 3.82. The molecule has 0 radical (unpaired) electrons. The van der Waals surface area contributed by atoms with Crippen LogP contribution in [-0.2, 0) is 6.54 Å². The molecule has 0 amide bonds. The number of aliphatic imine (C=N–C) groups is 1. The van der Waals surface area contributed by atoms with E-state index in [1.165, 1.54) is 17.7 Å². The topological polar surface area (TPSA) is 54.9 Å². The van der Waals surface area contributed by atoms with E-state index in [2.05, 4.69) is 48.1 Å². The summed E-state index contributed by atoms with van der Waals surface area (Å²) < 4.78 is 13.7.